The van der Waals surface area contributed by atoms with Crippen LogP contribution in [0.3, 0.4) is 0 Å². The van der Waals surface area contributed by atoms with Gasteiger partial charge in [-0.25, -0.2) is 4.79 Å². The van der Waals surface area contributed by atoms with E-state index in [1.54, 1.807) is 13.0 Å². The number of nitrogens with one attached hydrogen (secondary N) is 2. The number of carboxylic acid groups (broad SMARTS) is 1. The highest BCUT2D eigenvalue weighted by Crippen LogP contribution is 2.24. The number of hydrogen-bond donors (Lipinski definition) is 4. The molecule has 7 heteroatoms. The maximum absolute atomic E-state index is 12.0. The summed E-state index contributed by atoms with van der Waals surface area (Å²) < 4.78 is 0. The summed E-state index contributed by atoms with van der Waals surface area (Å²) in [6.45, 7) is 1.68. The second-order valence-corrected chi connectivity index (χ2v) is 4.38. The van der Waals surface area contributed by atoms with Gasteiger partial charge in [0.05, 0.1) is 11.3 Å². The molecule has 7 nitrogen and oxygen atoms in total. The van der Waals surface area contributed by atoms with Crippen LogP contribution in [-0.4, -0.2) is 27.1 Å². The molecule has 0 fully saturated rings. The molecule has 1 aromatic carbocycles. The Hall–Kier alpha value is -3.09. The molecule has 0 saturated heterocycles. The molecule has 0 bridgehead atoms. The first-order valence-electron chi connectivity index (χ1n) is 5.96. The number of aryl methyl sites for hydroxylation is 1. The molecular formula is C14H12N2O5. The van der Waals surface area contributed by atoms with Gasteiger partial charge in [0.15, 0.2) is 0 Å². The molecule has 0 spiro atoms. The number of rotatable bonds is 3. The fourth-order valence-corrected chi connectivity index (χ4v) is 1.71. The van der Waals surface area contributed by atoms with Gasteiger partial charge in [-0.1, -0.05) is 0 Å². The molecule has 2 aromatic rings. The molecule has 1 heterocycles. The number of aromatic hydroxyl groups is 1. The second-order valence-electron chi connectivity index (χ2n) is 4.38. The van der Waals surface area contributed by atoms with E-state index in [0.717, 1.165) is 6.07 Å². The maximum atomic E-state index is 12.0. The number of carboxylic acids is 1. The predicted octanol–water partition coefficient (Wildman–Crippen LogP) is 1.34. The number of carbonyl (C=O) groups is 2. The number of H-pyrrole nitrogens is 1. The monoisotopic (exact) mass is 288 g/mol. The number of benzene rings is 1. The Kier molecular flexibility index (Phi) is 3.75. The molecule has 0 aliphatic rings. The third-order valence-corrected chi connectivity index (χ3v) is 2.79. The largest absolute Gasteiger partial charge is 0.506 e. The molecule has 2 rings (SSSR count). The van der Waals surface area contributed by atoms with Crippen molar-refractivity contribution in [3.63, 3.8) is 0 Å². The van der Waals surface area contributed by atoms with E-state index in [-0.39, 0.29) is 16.8 Å². The van der Waals surface area contributed by atoms with Crippen molar-refractivity contribution >= 4 is 17.6 Å². The lowest BCUT2D eigenvalue weighted by molar-refractivity contribution is 0.0696. The lowest BCUT2D eigenvalue weighted by Crippen LogP contribution is -2.23. The van der Waals surface area contributed by atoms with Crippen LogP contribution in [0.15, 0.2) is 35.1 Å². The van der Waals surface area contributed by atoms with Gasteiger partial charge in [0.1, 0.15) is 11.3 Å². The van der Waals surface area contributed by atoms with Crippen LogP contribution in [0.4, 0.5) is 5.69 Å². The Balaban J connectivity index is 2.27. The Labute approximate surface area is 118 Å². The number of phenols is 1. The van der Waals surface area contributed by atoms with Gasteiger partial charge in [-0.15, -0.1) is 0 Å². The molecule has 0 unspecified atom stereocenters. The first-order chi connectivity index (χ1) is 9.88. The SMILES string of the molecule is Cc1ccc(C(=O)Nc2ccc(C(=O)O)cc2O)c(=O)[nH]1. The third kappa shape index (κ3) is 3.08. The van der Waals surface area contributed by atoms with Gasteiger partial charge >= 0.3 is 5.97 Å². The molecule has 0 saturated carbocycles. The Morgan fingerprint density at radius 3 is 2.48 bits per heavy atom. The molecule has 0 aliphatic carbocycles. The lowest BCUT2D eigenvalue weighted by atomic mass is 10.1. The van der Waals surface area contributed by atoms with Crippen molar-refractivity contribution in [3.05, 3.63) is 57.5 Å². The zero-order valence-electron chi connectivity index (χ0n) is 11.0. The van der Waals surface area contributed by atoms with E-state index in [2.05, 4.69) is 10.3 Å². The normalized spacial score (nSPS) is 10.1. The van der Waals surface area contributed by atoms with E-state index < -0.39 is 23.2 Å². The molecule has 1 aromatic heterocycles. The third-order valence-electron chi connectivity index (χ3n) is 2.79. The van der Waals surface area contributed by atoms with Gasteiger partial charge < -0.3 is 20.5 Å². The van der Waals surface area contributed by atoms with Gasteiger partial charge in [-0.2, -0.15) is 0 Å². The molecular weight excluding hydrogens is 276 g/mol. The van der Waals surface area contributed by atoms with Crippen LogP contribution in [0.2, 0.25) is 0 Å². The molecule has 21 heavy (non-hydrogen) atoms. The summed E-state index contributed by atoms with van der Waals surface area (Å²) in [6, 6.07) is 6.43. The topological polar surface area (TPSA) is 119 Å². The summed E-state index contributed by atoms with van der Waals surface area (Å²) in [6.07, 6.45) is 0. The number of aromatic nitrogens is 1. The first kappa shape index (κ1) is 14.3. The van der Waals surface area contributed by atoms with Crippen LogP contribution >= 0.6 is 0 Å². The fourth-order valence-electron chi connectivity index (χ4n) is 1.71. The van der Waals surface area contributed by atoms with Crippen molar-refractivity contribution in [2.24, 2.45) is 0 Å². The minimum absolute atomic E-state index is 0.0185. The number of aromatic carboxylic acids is 1. The summed E-state index contributed by atoms with van der Waals surface area (Å²) in [4.78, 5) is 36.8. The number of phenolic OH excluding ortho intramolecular Hbond substituents is 1. The minimum Gasteiger partial charge on any atom is -0.506 e. The van der Waals surface area contributed by atoms with Crippen molar-refractivity contribution in [1.82, 2.24) is 4.98 Å². The average Bonchev–Trinajstić information content (AvgIpc) is 2.40. The molecule has 0 radical (unpaired) electrons. The van der Waals surface area contributed by atoms with Crippen molar-refractivity contribution in [3.8, 4) is 5.75 Å². The zero-order valence-corrected chi connectivity index (χ0v) is 11.0. The smallest absolute Gasteiger partial charge is 0.335 e. The highest BCUT2D eigenvalue weighted by molar-refractivity contribution is 6.05. The summed E-state index contributed by atoms with van der Waals surface area (Å²) >= 11 is 0. The molecule has 4 N–H and O–H groups in total. The van der Waals surface area contributed by atoms with E-state index in [1.807, 2.05) is 0 Å². The van der Waals surface area contributed by atoms with Gasteiger partial charge in [-0.3, -0.25) is 9.59 Å². The van der Waals surface area contributed by atoms with Crippen molar-refractivity contribution < 1.29 is 19.8 Å². The number of pyridine rings is 1. The summed E-state index contributed by atoms with van der Waals surface area (Å²) in [5.74, 6) is -2.29. The Morgan fingerprint density at radius 1 is 1.19 bits per heavy atom. The standard InChI is InChI=1S/C14H12N2O5/c1-7-2-4-9(12(18)15-7)13(19)16-10-5-3-8(14(20)21)6-11(10)17/h2-6,17H,1H3,(H,15,18)(H,16,19)(H,20,21). The van der Waals surface area contributed by atoms with Crippen molar-refractivity contribution in [1.29, 1.82) is 0 Å². The number of anilines is 1. The van der Waals surface area contributed by atoms with E-state index in [9.17, 15) is 19.5 Å². The van der Waals surface area contributed by atoms with Gasteiger partial charge in [0.25, 0.3) is 11.5 Å². The molecule has 0 aliphatic heterocycles. The highest BCUT2D eigenvalue weighted by atomic mass is 16.4. The van der Waals surface area contributed by atoms with E-state index in [4.69, 9.17) is 5.11 Å². The number of hydrogen-bond acceptors (Lipinski definition) is 4. The fraction of sp³-hybridized carbons (Fsp3) is 0.0714. The molecule has 108 valence electrons. The maximum Gasteiger partial charge on any atom is 0.335 e. The number of carbonyl (C=O) groups excluding carboxylic acids is 1. The first-order valence-corrected chi connectivity index (χ1v) is 5.96. The lowest BCUT2D eigenvalue weighted by Gasteiger charge is -2.07. The highest BCUT2D eigenvalue weighted by Gasteiger charge is 2.14. The van der Waals surface area contributed by atoms with Crippen LogP contribution < -0.4 is 10.9 Å². The Bertz CT molecular complexity index is 779. The predicted molar refractivity (Wildman–Crippen MR) is 74.8 cm³/mol. The van der Waals surface area contributed by atoms with Crippen LogP contribution in [0.1, 0.15) is 26.4 Å². The summed E-state index contributed by atoms with van der Waals surface area (Å²) in [5.41, 5.74) is -0.134. The van der Waals surface area contributed by atoms with Gasteiger partial charge in [-0.05, 0) is 37.3 Å². The van der Waals surface area contributed by atoms with Crippen LogP contribution in [-0.2, 0) is 0 Å². The summed E-state index contributed by atoms with van der Waals surface area (Å²) in [7, 11) is 0. The van der Waals surface area contributed by atoms with Gasteiger partial charge in [0, 0.05) is 5.69 Å². The van der Waals surface area contributed by atoms with E-state index >= 15 is 0 Å². The number of amides is 1. The van der Waals surface area contributed by atoms with Crippen molar-refractivity contribution in [2.45, 2.75) is 6.92 Å². The van der Waals surface area contributed by atoms with Crippen LogP contribution in [0.25, 0.3) is 0 Å². The molecule has 0 atom stereocenters. The Morgan fingerprint density at radius 2 is 1.90 bits per heavy atom. The van der Waals surface area contributed by atoms with E-state index in [0.29, 0.717) is 5.69 Å². The minimum atomic E-state index is -1.20. The van der Waals surface area contributed by atoms with Crippen LogP contribution in [0.5, 0.6) is 5.75 Å². The van der Waals surface area contributed by atoms with Crippen LogP contribution in [0, 0.1) is 6.92 Å². The second kappa shape index (κ2) is 5.49. The quantitative estimate of drug-likeness (QED) is 0.635. The molecule has 1 amide bonds. The van der Waals surface area contributed by atoms with Gasteiger partial charge in [0.2, 0.25) is 0 Å². The number of aromatic amines is 1. The average molecular weight is 288 g/mol. The summed E-state index contributed by atoms with van der Waals surface area (Å²) in [5, 5.41) is 20.8. The zero-order chi connectivity index (χ0) is 15.6. The van der Waals surface area contributed by atoms with Crippen molar-refractivity contribution in [2.75, 3.05) is 5.32 Å². The van der Waals surface area contributed by atoms with E-state index in [1.165, 1.54) is 18.2 Å².